The van der Waals surface area contributed by atoms with Gasteiger partial charge in [0.2, 0.25) is 0 Å². The predicted molar refractivity (Wildman–Crippen MR) is 55.9 cm³/mol. The van der Waals surface area contributed by atoms with Crippen molar-refractivity contribution >= 4 is 37.8 Å². The van der Waals surface area contributed by atoms with Crippen LogP contribution in [0.15, 0.2) is 15.3 Å². The minimum atomic E-state index is -2.71. The van der Waals surface area contributed by atoms with Gasteiger partial charge in [-0.2, -0.15) is 0 Å². The van der Waals surface area contributed by atoms with Crippen molar-refractivity contribution in [2.75, 3.05) is 7.11 Å². The van der Waals surface area contributed by atoms with Crippen LogP contribution in [-0.2, 0) is 4.74 Å². The van der Waals surface area contributed by atoms with Gasteiger partial charge < -0.3 is 4.74 Å². The van der Waals surface area contributed by atoms with Gasteiger partial charge in [0, 0.05) is 0 Å². The fraction of sp³-hybridized carbons (Fsp3) is 0.250. The molecule has 0 atom stereocenters. The average Bonchev–Trinajstić information content (AvgIpc) is 2.16. The maximum atomic E-state index is 12.5. The molecule has 0 aliphatic carbocycles. The van der Waals surface area contributed by atoms with Gasteiger partial charge in [0.05, 0.1) is 18.2 Å². The molecule has 15 heavy (non-hydrogen) atoms. The molecule has 0 aliphatic heterocycles. The number of rotatable bonds is 2. The van der Waals surface area contributed by atoms with E-state index in [1.54, 1.807) is 0 Å². The van der Waals surface area contributed by atoms with Gasteiger partial charge in [-0.25, -0.2) is 18.6 Å². The van der Waals surface area contributed by atoms with Gasteiger partial charge in [-0.15, -0.1) is 0 Å². The largest absolute Gasteiger partial charge is 0.465 e. The number of aromatic nitrogens is 1. The van der Waals surface area contributed by atoms with Crippen LogP contribution in [0.5, 0.6) is 0 Å². The molecule has 7 heteroatoms. The second kappa shape index (κ2) is 4.98. The number of ether oxygens (including phenoxy) is 1. The van der Waals surface area contributed by atoms with E-state index >= 15 is 0 Å². The van der Waals surface area contributed by atoms with E-state index in [0.29, 0.717) is 0 Å². The first kappa shape index (κ1) is 12.5. The molecular formula is C8H5Br2F2NO2. The molecule has 0 aliphatic rings. The molecule has 3 nitrogen and oxygen atoms in total. The van der Waals surface area contributed by atoms with E-state index in [9.17, 15) is 13.6 Å². The van der Waals surface area contributed by atoms with Gasteiger partial charge in [-0.05, 0) is 37.9 Å². The Bertz CT molecular complexity index is 398. The highest BCUT2D eigenvalue weighted by Crippen LogP contribution is 2.29. The van der Waals surface area contributed by atoms with Crippen LogP contribution >= 0.6 is 31.9 Å². The first-order valence-corrected chi connectivity index (χ1v) is 5.28. The summed E-state index contributed by atoms with van der Waals surface area (Å²) < 4.78 is 29.5. The van der Waals surface area contributed by atoms with Crippen LogP contribution in [0.2, 0.25) is 0 Å². The molecule has 0 unspecified atom stereocenters. The number of nitrogens with zero attached hydrogens (tertiary/aromatic N) is 1. The zero-order chi connectivity index (χ0) is 11.6. The summed E-state index contributed by atoms with van der Waals surface area (Å²) in [6.45, 7) is 0. The third-order valence-electron chi connectivity index (χ3n) is 1.60. The number of pyridine rings is 1. The quantitative estimate of drug-likeness (QED) is 0.610. The van der Waals surface area contributed by atoms with Crippen LogP contribution < -0.4 is 0 Å². The monoisotopic (exact) mass is 343 g/mol. The summed E-state index contributed by atoms with van der Waals surface area (Å²) in [5.41, 5.74) is -0.380. The highest BCUT2D eigenvalue weighted by molar-refractivity contribution is 9.11. The summed E-state index contributed by atoms with van der Waals surface area (Å²) in [6.07, 6.45) is -2.71. The lowest BCUT2D eigenvalue weighted by molar-refractivity contribution is 0.0598. The van der Waals surface area contributed by atoms with E-state index in [-0.39, 0.29) is 20.3 Å². The van der Waals surface area contributed by atoms with Crippen molar-refractivity contribution in [1.29, 1.82) is 0 Å². The van der Waals surface area contributed by atoms with Gasteiger partial charge in [0.15, 0.2) is 0 Å². The molecule has 0 fully saturated rings. The Balaban J connectivity index is 3.29. The highest BCUT2D eigenvalue weighted by atomic mass is 79.9. The number of carbonyl (C=O) groups excluding carboxylic acids is 1. The first-order chi connectivity index (χ1) is 6.97. The Morgan fingerprint density at radius 1 is 1.47 bits per heavy atom. The molecule has 1 aromatic heterocycles. The molecule has 0 bridgehead atoms. The smallest absolute Gasteiger partial charge is 0.340 e. The van der Waals surface area contributed by atoms with Crippen LogP contribution in [-0.4, -0.2) is 18.1 Å². The number of carbonyl (C=O) groups is 1. The van der Waals surface area contributed by atoms with Crippen molar-refractivity contribution in [3.8, 4) is 0 Å². The Morgan fingerprint density at radius 2 is 2.07 bits per heavy atom. The molecule has 0 radical (unpaired) electrons. The summed E-state index contributed by atoms with van der Waals surface area (Å²) in [6, 6.07) is 1.04. The first-order valence-electron chi connectivity index (χ1n) is 3.69. The van der Waals surface area contributed by atoms with Gasteiger partial charge in [-0.3, -0.25) is 0 Å². The fourth-order valence-electron chi connectivity index (χ4n) is 0.892. The van der Waals surface area contributed by atoms with E-state index < -0.39 is 12.4 Å². The van der Waals surface area contributed by atoms with Gasteiger partial charge in [-0.1, -0.05) is 0 Å². The minimum absolute atomic E-state index is 0.00275. The van der Waals surface area contributed by atoms with Gasteiger partial charge >= 0.3 is 5.97 Å². The van der Waals surface area contributed by atoms with Crippen molar-refractivity contribution in [2.45, 2.75) is 6.43 Å². The molecule has 0 amide bonds. The minimum Gasteiger partial charge on any atom is -0.465 e. The maximum absolute atomic E-state index is 12.5. The van der Waals surface area contributed by atoms with Crippen LogP contribution in [0.25, 0.3) is 0 Å². The summed E-state index contributed by atoms with van der Waals surface area (Å²) >= 11 is 5.86. The van der Waals surface area contributed by atoms with Crippen LogP contribution in [0, 0.1) is 0 Å². The van der Waals surface area contributed by atoms with E-state index in [1.165, 1.54) is 7.11 Å². The molecule has 0 N–H and O–H groups in total. The van der Waals surface area contributed by atoms with E-state index in [2.05, 4.69) is 41.6 Å². The number of esters is 1. The zero-order valence-electron chi connectivity index (χ0n) is 7.43. The lowest BCUT2D eigenvalue weighted by Crippen LogP contribution is -2.05. The molecule has 1 heterocycles. The summed E-state index contributed by atoms with van der Waals surface area (Å²) in [4.78, 5) is 14.9. The highest BCUT2D eigenvalue weighted by Gasteiger charge is 2.19. The molecule has 82 valence electrons. The SMILES string of the molecule is COC(=O)c1cc(C(F)F)c(Br)nc1Br. The van der Waals surface area contributed by atoms with Gasteiger partial charge in [0.1, 0.15) is 9.21 Å². The Morgan fingerprint density at radius 3 is 2.53 bits per heavy atom. The lowest BCUT2D eigenvalue weighted by atomic mass is 10.2. The van der Waals surface area contributed by atoms with E-state index in [1.807, 2.05) is 0 Å². The fourth-order valence-corrected chi connectivity index (χ4v) is 2.05. The van der Waals surface area contributed by atoms with Crippen molar-refractivity contribution < 1.29 is 18.3 Å². The summed E-state index contributed by atoms with van der Waals surface area (Å²) in [5, 5.41) is 0. The average molecular weight is 345 g/mol. The van der Waals surface area contributed by atoms with E-state index in [4.69, 9.17) is 0 Å². The number of hydrogen-bond donors (Lipinski definition) is 0. The number of methoxy groups -OCH3 is 1. The molecule has 1 rings (SSSR count). The number of halogens is 4. The molecule has 0 spiro atoms. The van der Waals surface area contributed by atoms with Crippen LogP contribution in [0.4, 0.5) is 8.78 Å². The maximum Gasteiger partial charge on any atom is 0.340 e. The predicted octanol–water partition coefficient (Wildman–Crippen LogP) is 3.33. The molecule has 0 aromatic carbocycles. The van der Waals surface area contributed by atoms with E-state index in [0.717, 1.165) is 6.07 Å². The second-order valence-corrected chi connectivity index (χ2v) is 4.00. The lowest BCUT2D eigenvalue weighted by Gasteiger charge is -2.07. The summed E-state index contributed by atoms with van der Waals surface area (Å²) in [5.74, 6) is -0.719. The normalized spacial score (nSPS) is 10.5. The Hall–Kier alpha value is -0.560. The number of alkyl halides is 2. The number of hydrogen-bond acceptors (Lipinski definition) is 3. The topological polar surface area (TPSA) is 39.2 Å². The second-order valence-electron chi connectivity index (χ2n) is 2.50. The zero-order valence-corrected chi connectivity index (χ0v) is 10.6. The van der Waals surface area contributed by atoms with Crippen LogP contribution in [0.1, 0.15) is 22.3 Å². The van der Waals surface area contributed by atoms with Crippen molar-refractivity contribution in [1.82, 2.24) is 4.98 Å². The third kappa shape index (κ3) is 2.72. The molecule has 1 aromatic rings. The Labute approximate surface area is 101 Å². The summed E-state index contributed by atoms with van der Waals surface area (Å²) in [7, 11) is 1.17. The van der Waals surface area contributed by atoms with Crippen molar-refractivity contribution in [3.63, 3.8) is 0 Å². The van der Waals surface area contributed by atoms with Crippen molar-refractivity contribution in [3.05, 3.63) is 26.4 Å². The standard InChI is InChI=1S/C8H5Br2F2NO2/c1-15-8(14)4-2-3(7(11)12)5(9)13-6(4)10/h2,7H,1H3. The van der Waals surface area contributed by atoms with Crippen molar-refractivity contribution in [2.24, 2.45) is 0 Å². The Kier molecular flexibility index (Phi) is 4.15. The third-order valence-corrected chi connectivity index (χ3v) is 2.84. The molecule has 0 saturated heterocycles. The van der Waals surface area contributed by atoms with Gasteiger partial charge in [0.25, 0.3) is 6.43 Å². The molecular weight excluding hydrogens is 340 g/mol. The molecule has 0 saturated carbocycles. The van der Waals surface area contributed by atoms with Crippen LogP contribution in [0.3, 0.4) is 0 Å².